The van der Waals surface area contributed by atoms with Crippen LogP contribution in [0, 0.1) is 0 Å². The second-order valence-corrected chi connectivity index (χ2v) is 6.63. The minimum Gasteiger partial charge on any atom is -0.399 e. The van der Waals surface area contributed by atoms with Crippen LogP contribution in [0.25, 0.3) is 11.4 Å². The van der Waals surface area contributed by atoms with Gasteiger partial charge >= 0.3 is 0 Å². The molecule has 0 spiro atoms. The van der Waals surface area contributed by atoms with Gasteiger partial charge in [-0.2, -0.15) is 0 Å². The Morgan fingerprint density at radius 3 is 2.85 bits per heavy atom. The maximum absolute atomic E-state index is 11.2. The van der Waals surface area contributed by atoms with E-state index in [1.165, 1.54) is 0 Å². The fourth-order valence-electron chi connectivity index (χ4n) is 1.88. The number of hydrogen-bond acceptors (Lipinski definition) is 5. The van der Waals surface area contributed by atoms with Gasteiger partial charge < -0.3 is 5.73 Å². The highest BCUT2D eigenvalue weighted by molar-refractivity contribution is 7.84. The molecule has 2 aromatic rings. The lowest BCUT2D eigenvalue weighted by atomic mass is 10.1. The lowest BCUT2D eigenvalue weighted by Crippen LogP contribution is -2.12. The molecule has 20 heavy (non-hydrogen) atoms. The number of nitrogens with zero attached hydrogens (tertiary/aromatic N) is 4. The minimum absolute atomic E-state index is 0.0455. The molecule has 2 rings (SSSR count). The Morgan fingerprint density at radius 2 is 2.20 bits per heavy atom. The van der Waals surface area contributed by atoms with Gasteiger partial charge in [0.25, 0.3) is 0 Å². The van der Waals surface area contributed by atoms with Crippen LogP contribution >= 0.6 is 11.6 Å². The zero-order valence-corrected chi connectivity index (χ0v) is 12.9. The van der Waals surface area contributed by atoms with Gasteiger partial charge in [0.2, 0.25) is 0 Å². The lowest BCUT2D eigenvalue weighted by molar-refractivity contribution is 0.470. The van der Waals surface area contributed by atoms with Crippen LogP contribution in [0.5, 0.6) is 0 Å². The highest BCUT2D eigenvalue weighted by Crippen LogP contribution is 2.26. The standard InChI is InChI=1S/C12H16ClN5OS/c1-8(3-4-20(2)19)18-12(15-16-17-18)9-5-10(13)7-11(14)6-9/h5-8H,3-4,14H2,1-2H3. The Balaban J connectivity index is 2.30. The molecular formula is C12H16ClN5OS. The van der Waals surface area contributed by atoms with E-state index in [1.54, 1.807) is 29.1 Å². The van der Waals surface area contributed by atoms with E-state index < -0.39 is 10.8 Å². The van der Waals surface area contributed by atoms with Crippen molar-refractivity contribution in [2.24, 2.45) is 0 Å². The number of benzene rings is 1. The number of anilines is 1. The topological polar surface area (TPSA) is 86.7 Å². The molecule has 0 radical (unpaired) electrons. The van der Waals surface area contributed by atoms with Crippen molar-refractivity contribution in [3.63, 3.8) is 0 Å². The van der Waals surface area contributed by atoms with Gasteiger partial charge in [0.05, 0.1) is 6.04 Å². The molecule has 0 aliphatic carbocycles. The summed E-state index contributed by atoms with van der Waals surface area (Å²) in [6, 6.07) is 5.26. The first-order valence-electron chi connectivity index (χ1n) is 6.11. The summed E-state index contributed by atoms with van der Waals surface area (Å²) >= 11 is 6.00. The average Bonchev–Trinajstić information content (AvgIpc) is 2.83. The van der Waals surface area contributed by atoms with Crippen LogP contribution in [0.3, 0.4) is 0 Å². The first-order valence-corrected chi connectivity index (χ1v) is 8.22. The fraction of sp³-hybridized carbons (Fsp3) is 0.417. The largest absolute Gasteiger partial charge is 0.399 e. The molecule has 1 heterocycles. The van der Waals surface area contributed by atoms with Gasteiger partial charge in [-0.3, -0.25) is 4.21 Å². The highest BCUT2D eigenvalue weighted by Gasteiger charge is 2.15. The van der Waals surface area contributed by atoms with E-state index in [1.807, 2.05) is 6.92 Å². The van der Waals surface area contributed by atoms with E-state index in [-0.39, 0.29) is 6.04 Å². The van der Waals surface area contributed by atoms with E-state index in [0.29, 0.717) is 22.3 Å². The SMILES string of the molecule is CC(CCS(C)=O)n1nnnc1-c1cc(N)cc(Cl)c1. The van der Waals surface area contributed by atoms with Crippen molar-refractivity contribution >= 4 is 28.1 Å². The van der Waals surface area contributed by atoms with Crippen LogP contribution in [0.2, 0.25) is 5.02 Å². The number of tetrazole rings is 1. The molecule has 1 aromatic carbocycles. The van der Waals surface area contributed by atoms with Gasteiger partial charge in [-0.1, -0.05) is 11.6 Å². The van der Waals surface area contributed by atoms with E-state index in [4.69, 9.17) is 17.3 Å². The molecule has 2 unspecified atom stereocenters. The molecule has 2 N–H and O–H groups in total. The molecule has 1 aromatic heterocycles. The first kappa shape index (κ1) is 14.9. The minimum atomic E-state index is -0.829. The van der Waals surface area contributed by atoms with Gasteiger partial charge in [0.15, 0.2) is 5.82 Å². The van der Waals surface area contributed by atoms with E-state index in [9.17, 15) is 4.21 Å². The van der Waals surface area contributed by atoms with Gasteiger partial charge in [-0.05, 0) is 42.0 Å². The molecule has 0 fully saturated rings. The van der Waals surface area contributed by atoms with Crippen molar-refractivity contribution in [2.45, 2.75) is 19.4 Å². The average molecular weight is 314 g/mol. The fourth-order valence-corrected chi connectivity index (χ4v) is 2.80. The molecule has 6 nitrogen and oxygen atoms in total. The van der Waals surface area contributed by atoms with Crippen LogP contribution in [0.4, 0.5) is 5.69 Å². The molecule has 2 atom stereocenters. The summed E-state index contributed by atoms with van der Waals surface area (Å²) in [5.41, 5.74) is 7.12. The van der Waals surface area contributed by atoms with E-state index in [0.717, 1.165) is 12.0 Å². The number of halogens is 1. The molecule has 8 heteroatoms. The maximum atomic E-state index is 11.2. The van der Waals surface area contributed by atoms with Crippen molar-refractivity contribution < 1.29 is 4.21 Å². The number of nitrogens with two attached hydrogens (primary N) is 1. The van der Waals surface area contributed by atoms with Crippen molar-refractivity contribution in [1.29, 1.82) is 0 Å². The van der Waals surface area contributed by atoms with Crippen molar-refractivity contribution in [3.8, 4) is 11.4 Å². The molecule has 0 amide bonds. The lowest BCUT2D eigenvalue weighted by Gasteiger charge is -2.13. The second-order valence-electron chi connectivity index (χ2n) is 4.64. The molecule has 0 saturated heterocycles. The Labute approximate surface area is 124 Å². The predicted molar refractivity (Wildman–Crippen MR) is 80.9 cm³/mol. The van der Waals surface area contributed by atoms with Crippen molar-refractivity contribution in [2.75, 3.05) is 17.7 Å². The smallest absolute Gasteiger partial charge is 0.182 e. The number of hydrogen-bond donors (Lipinski definition) is 1. The van der Waals surface area contributed by atoms with Crippen LogP contribution in [0.15, 0.2) is 18.2 Å². The second kappa shape index (κ2) is 6.32. The van der Waals surface area contributed by atoms with E-state index in [2.05, 4.69) is 15.5 Å². The summed E-state index contributed by atoms with van der Waals surface area (Å²) in [6.07, 6.45) is 2.42. The van der Waals surface area contributed by atoms with Gasteiger partial charge in [0, 0.05) is 39.1 Å². The normalized spacial score (nSPS) is 14.2. The summed E-state index contributed by atoms with van der Waals surface area (Å²) in [7, 11) is -0.829. The zero-order chi connectivity index (χ0) is 14.7. The Bertz CT molecular complexity index is 610. The van der Waals surface area contributed by atoms with Crippen molar-refractivity contribution in [3.05, 3.63) is 23.2 Å². The summed E-state index contributed by atoms with van der Waals surface area (Å²) in [6.45, 7) is 1.99. The molecular weight excluding hydrogens is 298 g/mol. The van der Waals surface area contributed by atoms with Gasteiger partial charge in [-0.15, -0.1) is 5.10 Å². The highest BCUT2D eigenvalue weighted by atomic mass is 35.5. The summed E-state index contributed by atoms with van der Waals surface area (Å²) in [4.78, 5) is 0. The zero-order valence-electron chi connectivity index (χ0n) is 11.3. The quantitative estimate of drug-likeness (QED) is 0.852. The number of aromatic nitrogens is 4. The van der Waals surface area contributed by atoms with Gasteiger partial charge in [-0.25, -0.2) is 4.68 Å². The monoisotopic (exact) mass is 313 g/mol. The summed E-state index contributed by atoms with van der Waals surface area (Å²) < 4.78 is 12.9. The Kier molecular flexibility index (Phi) is 4.72. The molecule has 0 saturated carbocycles. The predicted octanol–water partition coefficient (Wildman–Crippen LogP) is 1.91. The third-order valence-corrected chi connectivity index (χ3v) is 3.94. The van der Waals surface area contributed by atoms with Crippen LogP contribution in [-0.4, -0.2) is 36.4 Å². The number of rotatable bonds is 5. The third kappa shape index (κ3) is 3.55. The summed E-state index contributed by atoms with van der Waals surface area (Å²) in [5, 5.41) is 12.3. The molecule has 0 aliphatic heterocycles. The number of nitrogen functional groups attached to an aromatic ring is 1. The van der Waals surface area contributed by atoms with Gasteiger partial charge in [0.1, 0.15) is 0 Å². The van der Waals surface area contributed by atoms with Crippen LogP contribution < -0.4 is 5.73 Å². The van der Waals surface area contributed by atoms with Crippen LogP contribution in [-0.2, 0) is 10.8 Å². The Morgan fingerprint density at radius 1 is 1.45 bits per heavy atom. The molecule has 0 bridgehead atoms. The third-order valence-electron chi connectivity index (χ3n) is 2.91. The van der Waals surface area contributed by atoms with Crippen molar-refractivity contribution in [1.82, 2.24) is 20.2 Å². The maximum Gasteiger partial charge on any atom is 0.182 e. The van der Waals surface area contributed by atoms with E-state index >= 15 is 0 Å². The molecule has 0 aliphatic rings. The van der Waals surface area contributed by atoms with Crippen LogP contribution in [0.1, 0.15) is 19.4 Å². The summed E-state index contributed by atoms with van der Waals surface area (Å²) in [5.74, 6) is 1.21. The Hall–Kier alpha value is -1.47. The molecule has 108 valence electrons. The first-order chi connectivity index (χ1) is 9.47.